The summed E-state index contributed by atoms with van der Waals surface area (Å²) in [7, 11) is 0. The number of nitrogens with two attached hydrogens (primary N) is 1. The maximum absolute atomic E-state index is 5.73. The Kier molecular flexibility index (Phi) is 3.72. The zero-order valence-electron chi connectivity index (χ0n) is 6.80. The summed E-state index contributed by atoms with van der Waals surface area (Å²) >= 11 is 7.43. The van der Waals surface area contributed by atoms with Crippen LogP contribution in [0.4, 0.5) is 5.69 Å². The zero-order valence-corrected chi connectivity index (χ0v) is 8.38. The number of nitrogen functional groups attached to an aromatic ring is 1. The number of alkyl halides is 1. The van der Waals surface area contributed by atoms with Crippen LogP contribution in [-0.4, -0.2) is 6.26 Å². The van der Waals surface area contributed by atoms with Gasteiger partial charge >= 0.3 is 0 Å². The maximum atomic E-state index is 5.73. The first-order valence-corrected chi connectivity index (χ1v) is 5.27. The van der Waals surface area contributed by atoms with Crippen molar-refractivity contribution in [1.29, 1.82) is 0 Å². The van der Waals surface area contributed by atoms with Gasteiger partial charge in [0.2, 0.25) is 0 Å². The van der Waals surface area contributed by atoms with Gasteiger partial charge in [0.1, 0.15) is 0 Å². The Labute approximate surface area is 81.4 Å². The molecule has 2 nitrogen and oxygen atoms in total. The highest BCUT2D eigenvalue weighted by atomic mass is 35.5. The molecule has 0 fully saturated rings. The zero-order chi connectivity index (χ0) is 8.97. The molecule has 0 saturated heterocycles. The molecule has 0 saturated carbocycles. The van der Waals surface area contributed by atoms with E-state index in [1.54, 1.807) is 11.8 Å². The van der Waals surface area contributed by atoms with Gasteiger partial charge < -0.3 is 5.43 Å². The number of halogens is 1. The molecule has 0 unspecified atom stereocenters. The van der Waals surface area contributed by atoms with Gasteiger partial charge in [-0.3, -0.25) is 5.84 Å². The molecule has 4 heteroatoms. The molecule has 0 heterocycles. The second-order valence-electron chi connectivity index (χ2n) is 2.30. The molecule has 0 atom stereocenters. The molecule has 1 rings (SSSR count). The number of benzene rings is 1. The Hall–Kier alpha value is -0.380. The largest absolute Gasteiger partial charge is 0.324 e. The second kappa shape index (κ2) is 4.60. The molecule has 0 aliphatic heterocycles. The van der Waals surface area contributed by atoms with Crippen LogP contribution in [0.1, 0.15) is 5.56 Å². The fraction of sp³-hybridized carbons (Fsp3) is 0.250. The molecule has 0 aromatic heterocycles. The lowest BCUT2D eigenvalue weighted by Gasteiger charge is -2.07. The third kappa shape index (κ3) is 2.06. The average Bonchev–Trinajstić information content (AvgIpc) is 2.16. The molecule has 0 radical (unpaired) electrons. The SMILES string of the molecule is CSc1ccc(NN)c(CCl)c1. The standard InChI is InChI=1S/C8H11ClN2S/c1-12-7-2-3-8(11-10)6(4-7)5-9/h2-4,11H,5,10H2,1H3. The minimum atomic E-state index is 0.480. The van der Waals surface area contributed by atoms with Crippen molar-refractivity contribution in [3.05, 3.63) is 23.8 Å². The quantitative estimate of drug-likeness (QED) is 0.342. The van der Waals surface area contributed by atoms with Crippen LogP contribution in [0.2, 0.25) is 0 Å². The van der Waals surface area contributed by atoms with Crippen LogP contribution >= 0.6 is 23.4 Å². The van der Waals surface area contributed by atoms with Crippen molar-refractivity contribution in [2.75, 3.05) is 11.7 Å². The van der Waals surface area contributed by atoms with Crippen LogP contribution in [0.3, 0.4) is 0 Å². The van der Waals surface area contributed by atoms with Gasteiger partial charge in [-0.25, -0.2) is 0 Å². The summed E-state index contributed by atoms with van der Waals surface area (Å²) in [5.74, 6) is 5.78. The van der Waals surface area contributed by atoms with E-state index in [1.165, 1.54) is 4.90 Å². The summed E-state index contributed by atoms with van der Waals surface area (Å²) in [6.45, 7) is 0. The molecule has 66 valence electrons. The third-order valence-electron chi connectivity index (χ3n) is 1.61. The van der Waals surface area contributed by atoms with E-state index >= 15 is 0 Å². The number of hydrazine groups is 1. The van der Waals surface area contributed by atoms with Gasteiger partial charge in [0.05, 0.1) is 5.69 Å². The highest BCUT2D eigenvalue weighted by Gasteiger charge is 2.00. The second-order valence-corrected chi connectivity index (χ2v) is 3.45. The van der Waals surface area contributed by atoms with E-state index in [2.05, 4.69) is 5.43 Å². The summed E-state index contributed by atoms with van der Waals surface area (Å²) in [6, 6.07) is 5.98. The minimum Gasteiger partial charge on any atom is -0.324 e. The average molecular weight is 203 g/mol. The lowest BCUT2D eigenvalue weighted by molar-refractivity contribution is 1.26. The Morgan fingerprint density at radius 2 is 2.33 bits per heavy atom. The first-order chi connectivity index (χ1) is 5.81. The fourth-order valence-corrected chi connectivity index (χ4v) is 1.63. The van der Waals surface area contributed by atoms with Crippen LogP contribution in [0.25, 0.3) is 0 Å². The van der Waals surface area contributed by atoms with E-state index in [1.807, 2.05) is 24.5 Å². The molecule has 0 amide bonds. The van der Waals surface area contributed by atoms with Crippen LogP contribution in [-0.2, 0) is 5.88 Å². The van der Waals surface area contributed by atoms with Crippen LogP contribution in [0.15, 0.2) is 23.1 Å². The maximum Gasteiger partial charge on any atom is 0.0529 e. The Morgan fingerprint density at radius 1 is 1.58 bits per heavy atom. The predicted molar refractivity (Wildman–Crippen MR) is 55.6 cm³/mol. The molecule has 0 bridgehead atoms. The van der Waals surface area contributed by atoms with E-state index in [0.717, 1.165) is 11.3 Å². The predicted octanol–water partition coefficient (Wildman–Crippen LogP) is 2.43. The topological polar surface area (TPSA) is 38.0 Å². The Balaban J connectivity index is 3.02. The number of hydrogen-bond acceptors (Lipinski definition) is 3. The van der Waals surface area contributed by atoms with E-state index in [-0.39, 0.29) is 0 Å². The van der Waals surface area contributed by atoms with Crippen molar-refractivity contribution in [3.63, 3.8) is 0 Å². The van der Waals surface area contributed by atoms with E-state index < -0.39 is 0 Å². The summed E-state index contributed by atoms with van der Waals surface area (Å²) < 4.78 is 0. The monoisotopic (exact) mass is 202 g/mol. The van der Waals surface area contributed by atoms with Crippen LogP contribution in [0.5, 0.6) is 0 Å². The molecular formula is C8H11ClN2S. The Bertz CT molecular complexity index is 265. The molecule has 3 N–H and O–H groups in total. The number of rotatable bonds is 3. The summed E-state index contributed by atoms with van der Waals surface area (Å²) in [4.78, 5) is 1.20. The van der Waals surface area contributed by atoms with Crippen LogP contribution < -0.4 is 11.3 Å². The summed E-state index contributed by atoms with van der Waals surface area (Å²) in [6.07, 6.45) is 2.03. The van der Waals surface area contributed by atoms with Crippen molar-refractivity contribution >= 4 is 29.1 Å². The fourth-order valence-electron chi connectivity index (χ4n) is 0.948. The lowest BCUT2D eigenvalue weighted by Crippen LogP contribution is -2.08. The van der Waals surface area contributed by atoms with Gasteiger partial charge in [0.25, 0.3) is 0 Å². The van der Waals surface area contributed by atoms with Gasteiger partial charge in [-0.15, -0.1) is 23.4 Å². The molecule has 0 spiro atoms. The normalized spacial score (nSPS) is 9.92. The highest BCUT2D eigenvalue weighted by molar-refractivity contribution is 7.98. The molecule has 1 aromatic carbocycles. The Morgan fingerprint density at radius 3 is 2.83 bits per heavy atom. The number of thioether (sulfide) groups is 1. The van der Waals surface area contributed by atoms with E-state index in [0.29, 0.717) is 5.88 Å². The highest BCUT2D eigenvalue weighted by Crippen LogP contribution is 2.23. The van der Waals surface area contributed by atoms with Gasteiger partial charge in [0.15, 0.2) is 0 Å². The van der Waals surface area contributed by atoms with Gasteiger partial charge in [-0.2, -0.15) is 0 Å². The van der Waals surface area contributed by atoms with Gasteiger partial charge in [-0.1, -0.05) is 0 Å². The first kappa shape index (κ1) is 9.71. The molecule has 0 aliphatic carbocycles. The number of hydrogen-bond donors (Lipinski definition) is 2. The molecular weight excluding hydrogens is 192 g/mol. The van der Waals surface area contributed by atoms with Crippen molar-refractivity contribution in [2.45, 2.75) is 10.8 Å². The number of anilines is 1. The van der Waals surface area contributed by atoms with Crippen molar-refractivity contribution in [3.8, 4) is 0 Å². The van der Waals surface area contributed by atoms with Gasteiger partial charge in [0, 0.05) is 10.8 Å². The summed E-state index contributed by atoms with van der Waals surface area (Å²) in [5.41, 5.74) is 4.53. The van der Waals surface area contributed by atoms with E-state index in [4.69, 9.17) is 17.4 Å². The van der Waals surface area contributed by atoms with E-state index in [9.17, 15) is 0 Å². The molecule has 1 aromatic rings. The van der Waals surface area contributed by atoms with Crippen molar-refractivity contribution < 1.29 is 0 Å². The van der Waals surface area contributed by atoms with Crippen molar-refractivity contribution in [1.82, 2.24) is 0 Å². The first-order valence-electron chi connectivity index (χ1n) is 3.51. The minimum absolute atomic E-state index is 0.480. The van der Waals surface area contributed by atoms with Crippen LogP contribution in [0, 0.1) is 0 Å². The smallest absolute Gasteiger partial charge is 0.0529 e. The molecule has 0 aliphatic rings. The molecule has 12 heavy (non-hydrogen) atoms. The lowest BCUT2D eigenvalue weighted by atomic mass is 10.2. The van der Waals surface area contributed by atoms with Crippen molar-refractivity contribution in [2.24, 2.45) is 5.84 Å². The summed E-state index contributed by atoms with van der Waals surface area (Å²) in [5, 5.41) is 0. The number of nitrogens with one attached hydrogen (secondary N) is 1. The van der Waals surface area contributed by atoms with Gasteiger partial charge in [-0.05, 0) is 30.0 Å². The third-order valence-corrected chi connectivity index (χ3v) is 2.63.